The van der Waals surface area contributed by atoms with E-state index in [2.05, 4.69) is 10.9 Å². The Balaban J connectivity index is 2.33. The molecule has 0 fully saturated rings. The fourth-order valence-corrected chi connectivity index (χ4v) is 1.05. The molecule has 0 N–H and O–H groups in total. The van der Waals surface area contributed by atoms with Crippen molar-refractivity contribution >= 4 is 11.1 Å². The van der Waals surface area contributed by atoms with E-state index in [0.29, 0.717) is 5.75 Å². The van der Waals surface area contributed by atoms with E-state index < -0.39 is 0 Å². The molecule has 0 aliphatic carbocycles. The lowest BCUT2D eigenvalue weighted by molar-refractivity contribution is 0.371. The van der Waals surface area contributed by atoms with Gasteiger partial charge in [-0.05, 0) is 12.1 Å². The van der Waals surface area contributed by atoms with Crippen molar-refractivity contribution in [3.05, 3.63) is 24.6 Å². The third-order valence-electron chi connectivity index (χ3n) is 1.62. The fourth-order valence-electron chi connectivity index (χ4n) is 1.05. The first-order valence-electron chi connectivity index (χ1n) is 3.79. The molecule has 0 saturated carbocycles. The van der Waals surface area contributed by atoms with Crippen LogP contribution in [0.3, 0.4) is 0 Å². The first kappa shape index (κ1) is 7.69. The summed E-state index contributed by atoms with van der Waals surface area (Å²) in [7, 11) is 0. The number of hydrogen-bond acceptors (Lipinski definition) is 3. The molecule has 0 saturated heterocycles. The minimum atomic E-state index is 0.267. The third-order valence-corrected chi connectivity index (χ3v) is 1.62. The molecule has 0 spiro atoms. The molecule has 13 heavy (non-hydrogen) atoms. The number of nitrogens with zero attached hydrogens (tertiary/aromatic N) is 1. The second-order valence-electron chi connectivity index (χ2n) is 2.47. The Kier molecular flexibility index (Phi) is 1.89. The van der Waals surface area contributed by atoms with Crippen LogP contribution in [0.5, 0.6) is 5.75 Å². The van der Waals surface area contributed by atoms with Crippen LogP contribution in [-0.4, -0.2) is 11.6 Å². The maximum absolute atomic E-state index is 5.21. The maximum Gasteiger partial charge on any atom is 0.181 e. The standard InChI is InChI=1S/C10H7NO2/c1-2-5-12-8-3-4-10-9(6-8)11-7-13-10/h1,3-4,6-7H,5H2. The van der Waals surface area contributed by atoms with Crippen LogP contribution >= 0.6 is 0 Å². The van der Waals surface area contributed by atoms with Gasteiger partial charge in [-0.1, -0.05) is 5.92 Å². The number of oxazole rings is 1. The minimum Gasteiger partial charge on any atom is -0.481 e. The van der Waals surface area contributed by atoms with Gasteiger partial charge in [-0.15, -0.1) is 6.42 Å². The van der Waals surface area contributed by atoms with Gasteiger partial charge >= 0.3 is 0 Å². The van der Waals surface area contributed by atoms with Crippen molar-refractivity contribution < 1.29 is 9.15 Å². The van der Waals surface area contributed by atoms with E-state index in [1.165, 1.54) is 6.39 Å². The van der Waals surface area contributed by atoms with Crippen molar-refractivity contribution in [2.24, 2.45) is 0 Å². The first-order chi connectivity index (χ1) is 6.40. The van der Waals surface area contributed by atoms with Crippen LogP contribution < -0.4 is 4.74 Å². The average molecular weight is 173 g/mol. The summed E-state index contributed by atoms with van der Waals surface area (Å²) in [4.78, 5) is 3.99. The normalized spacial score (nSPS) is 9.77. The largest absolute Gasteiger partial charge is 0.481 e. The Morgan fingerprint density at radius 1 is 1.54 bits per heavy atom. The highest BCUT2D eigenvalue weighted by Crippen LogP contribution is 2.18. The molecule has 1 aromatic carbocycles. The van der Waals surface area contributed by atoms with E-state index in [4.69, 9.17) is 15.6 Å². The van der Waals surface area contributed by atoms with Crippen LogP contribution in [0, 0.1) is 12.3 Å². The monoisotopic (exact) mass is 173 g/mol. The topological polar surface area (TPSA) is 35.3 Å². The summed E-state index contributed by atoms with van der Waals surface area (Å²) in [5.74, 6) is 3.10. The van der Waals surface area contributed by atoms with Gasteiger partial charge in [0.2, 0.25) is 0 Å². The second kappa shape index (κ2) is 3.20. The average Bonchev–Trinajstić information content (AvgIpc) is 2.61. The second-order valence-corrected chi connectivity index (χ2v) is 2.47. The Morgan fingerprint density at radius 3 is 3.31 bits per heavy atom. The molecule has 64 valence electrons. The quantitative estimate of drug-likeness (QED) is 0.650. The number of terminal acetylenes is 1. The van der Waals surface area contributed by atoms with Gasteiger partial charge in [0.25, 0.3) is 0 Å². The van der Waals surface area contributed by atoms with Crippen molar-refractivity contribution in [1.82, 2.24) is 4.98 Å². The predicted molar refractivity (Wildman–Crippen MR) is 48.3 cm³/mol. The number of benzene rings is 1. The van der Waals surface area contributed by atoms with Gasteiger partial charge in [0.1, 0.15) is 17.9 Å². The summed E-state index contributed by atoms with van der Waals surface area (Å²) in [5.41, 5.74) is 1.52. The molecule has 3 heteroatoms. The van der Waals surface area contributed by atoms with Gasteiger partial charge in [-0.2, -0.15) is 0 Å². The van der Waals surface area contributed by atoms with Crippen molar-refractivity contribution in [1.29, 1.82) is 0 Å². The molecule has 0 aliphatic rings. The molecule has 0 amide bonds. The van der Waals surface area contributed by atoms with Crippen LogP contribution in [0.1, 0.15) is 0 Å². The molecule has 0 atom stereocenters. The predicted octanol–water partition coefficient (Wildman–Crippen LogP) is 1.84. The smallest absolute Gasteiger partial charge is 0.181 e. The zero-order valence-electron chi connectivity index (χ0n) is 6.86. The maximum atomic E-state index is 5.21. The highest BCUT2D eigenvalue weighted by Gasteiger charge is 1.99. The lowest BCUT2D eigenvalue weighted by Crippen LogP contribution is -1.92. The van der Waals surface area contributed by atoms with Crippen LogP contribution in [0.4, 0.5) is 0 Å². The van der Waals surface area contributed by atoms with Gasteiger partial charge in [-0.3, -0.25) is 0 Å². The minimum absolute atomic E-state index is 0.267. The molecule has 3 nitrogen and oxygen atoms in total. The van der Waals surface area contributed by atoms with Gasteiger partial charge < -0.3 is 9.15 Å². The van der Waals surface area contributed by atoms with Crippen molar-refractivity contribution in [2.75, 3.05) is 6.61 Å². The number of rotatable bonds is 2. The van der Waals surface area contributed by atoms with Crippen LogP contribution in [0.15, 0.2) is 29.0 Å². The lowest BCUT2D eigenvalue weighted by atomic mass is 10.3. The summed E-state index contributed by atoms with van der Waals surface area (Å²) in [5, 5.41) is 0. The number of fused-ring (bicyclic) bond motifs is 1. The third kappa shape index (κ3) is 1.47. The molecular weight excluding hydrogens is 166 g/mol. The van der Waals surface area contributed by atoms with Gasteiger partial charge in [-0.25, -0.2) is 4.98 Å². The summed E-state index contributed by atoms with van der Waals surface area (Å²) < 4.78 is 10.3. The van der Waals surface area contributed by atoms with E-state index in [0.717, 1.165) is 11.1 Å². The van der Waals surface area contributed by atoms with Crippen LogP contribution in [-0.2, 0) is 0 Å². The highest BCUT2D eigenvalue weighted by molar-refractivity contribution is 5.73. The summed E-state index contributed by atoms with van der Waals surface area (Å²) in [6.07, 6.45) is 6.46. The Bertz CT molecular complexity index is 453. The molecule has 1 heterocycles. The molecule has 0 bridgehead atoms. The Labute approximate surface area is 75.3 Å². The number of ether oxygens (including phenoxy) is 1. The molecule has 0 aliphatic heterocycles. The molecule has 0 radical (unpaired) electrons. The molecule has 2 aromatic rings. The highest BCUT2D eigenvalue weighted by atomic mass is 16.5. The van der Waals surface area contributed by atoms with Gasteiger partial charge in [0, 0.05) is 6.07 Å². The molecule has 2 rings (SSSR count). The van der Waals surface area contributed by atoms with Crippen LogP contribution in [0.2, 0.25) is 0 Å². The van der Waals surface area contributed by atoms with E-state index in [1.807, 2.05) is 0 Å². The van der Waals surface area contributed by atoms with Gasteiger partial charge in [0.15, 0.2) is 12.0 Å². The van der Waals surface area contributed by atoms with Crippen molar-refractivity contribution in [3.8, 4) is 18.1 Å². The Hall–Kier alpha value is -1.95. The van der Waals surface area contributed by atoms with E-state index in [1.54, 1.807) is 18.2 Å². The molecular formula is C10H7NO2. The molecule has 0 unspecified atom stereocenters. The number of hydrogen-bond donors (Lipinski definition) is 0. The van der Waals surface area contributed by atoms with E-state index in [-0.39, 0.29) is 6.61 Å². The van der Waals surface area contributed by atoms with E-state index in [9.17, 15) is 0 Å². The SMILES string of the molecule is C#CCOc1ccc2ocnc2c1. The van der Waals surface area contributed by atoms with Crippen molar-refractivity contribution in [2.45, 2.75) is 0 Å². The number of aromatic nitrogens is 1. The zero-order chi connectivity index (χ0) is 9.10. The van der Waals surface area contributed by atoms with Crippen molar-refractivity contribution in [3.63, 3.8) is 0 Å². The van der Waals surface area contributed by atoms with E-state index >= 15 is 0 Å². The summed E-state index contributed by atoms with van der Waals surface area (Å²) in [6.45, 7) is 0.267. The summed E-state index contributed by atoms with van der Waals surface area (Å²) in [6, 6.07) is 5.38. The first-order valence-corrected chi connectivity index (χ1v) is 3.79. The lowest BCUT2D eigenvalue weighted by Gasteiger charge is -1.99. The molecule has 1 aromatic heterocycles. The summed E-state index contributed by atoms with van der Waals surface area (Å²) >= 11 is 0. The fraction of sp³-hybridized carbons (Fsp3) is 0.100. The zero-order valence-corrected chi connectivity index (χ0v) is 6.86. The van der Waals surface area contributed by atoms with Gasteiger partial charge in [0.05, 0.1) is 0 Å². The Morgan fingerprint density at radius 2 is 2.46 bits per heavy atom. The van der Waals surface area contributed by atoms with Crippen LogP contribution in [0.25, 0.3) is 11.1 Å².